The van der Waals surface area contributed by atoms with Crippen molar-refractivity contribution < 1.29 is 0 Å². The summed E-state index contributed by atoms with van der Waals surface area (Å²) in [5.74, 6) is 0. The van der Waals surface area contributed by atoms with Gasteiger partial charge in [0.1, 0.15) is 5.50 Å². The van der Waals surface area contributed by atoms with Crippen molar-refractivity contribution in [3.8, 4) is 0 Å². The molecule has 0 fully saturated rings. The van der Waals surface area contributed by atoms with Gasteiger partial charge in [0.15, 0.2) is 5.15 Å². The molecular weight excluding hydrogens is 231 g/mol. The Morgan fingerprint density at radius 3 is 3.00 bits per heavy atom. The first-order valence-corrected chi connectivity index (χ1v) is 5.72. The summed E-state index contributed by atoms with van der Waals surface area (Å²) >= 11 is 12.3. The van der Waals surface area contributed by atoms with Gasteiger partial charge in [-0.3, -0.25) is 0 Å². The van der Waals surface area contributed by atoms with E-state index in [4.69, 9.17) is 23.2 Å². The normalized spacial score (nSPS) is 20.7. The Hall–Kier alpha value is -0.730. The van der Waals surface area contributed by atoms with E-state index in [9.17, 15) is 0 Å². The van der Waals surface area contributed by atoms with Gasteiger partial charge in [-0.15, -0.1) is 0 Å². The number of allylic oxidation sites excluding steroid dienone is 1. The van der Waals surface area contributed by atoms with Crippen LogP contribution in [0.15, 0.2) is 24.5 Å². The molecule has 1 aromatic heterocycles. The highest BCUT2D eigenvalue weighted by Gasteiger charge is 2.20. The fraction of sp³-hybridized carbons (Fsp3) is 0.364. The van der Waals surface area contributed by atoms with Crippen molar-refractivity contribution in [2.24, 2.45) is 0 Å². The van der Waals surface area contributed by atoms with Crippen LogP contribution in [0.5, 0.6) is 0 Å². The van der Waals surface area contributed by atoms with Crippen molar-refractivity contribution in [1.29, 1.82) is 0 Å². The van der Waals surface area contributed by atoms with Crippen LogP contribution < -0.4 is 4.90 Å². The Kier molecular flexibility index (Phi) is 3.17. The van der Waals surface area contributed by atoms with Crippen LogP contribution in [0.2, 0.25) is 5.15 Å². The maximum Gasteiger partial charge on any atom is 0.152 e. The molecule has 2 rings (SSSR count). The average molecular weight is 243 g/mol. The Labute approximate surface area is 99.5 Å². The lowest BCUT2D eigenvalue weighted by Crippen LogP contribution is -2.28. The molecule has 2 nitrogen and oxygen atoms in total. The maximum atomic E-state index is 6.25. The minimum Gasteiger partial charge on any atom is -0.329 e. The number of nitrogens with zero attached hydrogens (tertiary/aromatic N) is 2. The molecule has 0 aliphatic carbocycles. The standard InChI is InChI=1S/C11H12Cl2N2/c1-8-5-6-14-11(13)10(8)15-7-3-2-4-9(15)12/h3,5-7,9H,2,4H2,1H3. The van der Waals surface area contributed by atoms with Gasteiger partial charge in [0.05, 0.1) is 5.69 Å². The number of hydrogen-bond acceptors (Lipinski definition) is 2. The minimum absolute atomic E-state index is 0.0320. The Balaban J connectivity index is 2.43. The first kappa shape index (κ1) is 10.8. The number of aryl methyl sites for hydroxylation is 1. The van der Waals surface area contributed by atoms with Crippen LogP contribution in [0.3, 0.4) is 0 Å². The molecule has 4 heteroatoms. The first-order chi connectivity index (χ1) is 7.20. The Morgan fingerprint density at radius 1 is 1.53 bits per heavy atom. The zero-order valence-corrected chi connectivity index (χ0v) is 9.96. The quantitative estimate of drug-likeness (QED) is 0.424. The highest BCUT2D eigenvalue weighted by Crippen LogP contribution is 2.33. The Morgan fingerprint density at radius 2 is 2.33 bits per heavy atom. The number of pyridine rings is 1. The molecule has 0 saturated carbocycles. The molecule has 0 bridgehead atoms. The van der Waals surface area contributed by atoms with Crippen molar-refractivity contribution in [2.75, 3.05) is 4.90 Å². The highest BCUT2D eigenvalue weighted by atomic mass is 35.5. The number of anilines is 1. The van der Waals surface area contributed by atoms with Crippen molar-refractivity contribution >= 4 is 28.9 Å². The predicted molar refractivity (Wildman–Crippen MR) is 64.5 cm³/mol. The molecule has 0 saturated heterocycles. The van der Waals surface area contributed by atoms with Gasteiger partial charge in [0.2, 0.25) is 0 Å². The lowest BCUT2D eigenvalue weighted by atomic mass is 10.1. The second-order valence-electron chi connectivity index (χ2n) is 3.57. The van der Waals surface area contributed by atoms with Crippen LogP contribution in [0.4, 0.5) is 5.69 Å². The summed E-state index contributed by atoms with van der Waals surface area (Å²) in [4.78, 5) is 6.06. The second kappa shape index (κ2) is 4.42. The van der Waals surface area contributed by atoms with Crippen LogP contribution in [-0.4, -0.2) is 10.5 Å². The number of halogens is 2. The largest absolute Gasteiger partial charge is 0.329 e. The molecule has 1 atom stereocenters. The molecule has 1 unspecified atom stereocenters. The van der Waals surface area contributed by atoms with E-state index in [0.29, 0.717) is 5.15 Å². The van der Waals surface area contributed by atoms with Crippen LogP contribution in [0, 0.1) is 6.92 Å². The molecule has 0 amide bonds. The highest BCUT2D eigenvalue weighted by molar-refractivity contribution is 6.32. The smallest absolute Gasteiger partial charge is 0.152 e. The minimum atomic E-state index is -0.0320. The molecule has 1 aliphatic rings. The van der Waals surface area contributed by atoms with Gasteiger partial charge in [0, 0.05) is 12.4 Å². The maximum absolute atomic E-state index is 6.25. The fourth-order valence-electron chi connectivity index (χ4n) is 1.70. The van der Waals surface area contributed by atoms with Gasteiger partial charge in [-0.25, -0.2) is 4.98 Å². The molecule has 1 aliphatic heterocycles. The molecule has 1 aromatic rings. The summed E-state index contributed by atoms with van der Waals surface area (Å²) in [5.41, 5.74) is 1.97. The summed E-state index contributed by atoms with van der Waals surface area (Å²) in [6.07, 6.45) is 7.74. The van der Waals surface area contributed by atoms with Gasteiger partial charge >= 0.3 is 0 Å². The van der Waals surface area contributed by atoms with E-state index < -0.39 is 0 Å². The molecule has 15 heavy (non-hydrogen) atoms. The van der Waals surface area contributed by atoms with E-state index in [-0.39, 0.29) is 5.50 Å². The topological polar surface area (TPSA) is 16.1 Å². The van der Waals surface area contributed by atoms with Crippen LogP contribution >= 0.6 is 23.2 Å². The predicted octanol–water partition coefficient (Wildman–Crippen LogP) is 3.72. The van der Waals surface area contributed by atoms with Crippen molar-refractivity contribution in [1.82, 2.24) is 4.98 Å². The monoisotopic (exact) mass is 242 g/mol. The first-order valence-electron chi connectivity index (χ1n) is 4.90. The zero-order valence-electron chi connectivity index (χ0n) is 8.45. The van der Waals surface area contributed by atoms with E-state index in [1.165, 1.54) is 0 Å². The van der Waals surface area contributed by atoms with Crippen molar-refractivity contribution in [3.05, 3.63) is 35.3 Å². The van der Waals surface area contributed by atoms with Crippen LogP contribution in [0.25, 0.3) is 0 Å². The summed E-state index contributed by atoms with van der Waals surface area (Å²) in [5, 5.41) is 0.507. The Bertz CT molecular complexity index is 370. The van der Waals surface area contributed by atoms with E-state index in [1.54, 1.807) is 6.20 Å². The summed E-state index contributed by atoms with van der Waals surface area (Å²) in [7, 11) is 0. The third kappa shape index (κ3) is 2.11. The van der Waals surface area contributed by atoms with Gasteiger partial charge in [0.25, 0.3) is 0 Å². The lowest BCUT2D eigenvalue weighted by molar-refractivity contribution is 0.729. The lowest BCUT2D eigenvalue weighted by Gasteiger charge is -2.30. The van der Waals surface area contributed by atoms with Gasteiger partial charge in [-0.1, -0.05) is 29.3 Å². The van der Waals surface area contributed by atoms with Crippen molar-refractivity contribution in [2.45, 2.75) is 25.3 Å². The van der Waals surface area contributed by atoms with Gasteiger partial charge in [-0.05, 0) is 31.4 Å². The summed E-state index contributed by atoms with van der Waals surface area (Å²) in [6.45, 7) is 2.01. The van der Waals surface area contributed by atoms with E-state index in [2.05, 4.69) is 11.1 Å². The van der Waals surface area contributed by atoms with Gasteiger partial charge in [-0.2, -0.15) is 0 Å². The molecular formula is C11H12Cl2N2. The molecule has 0 radical (unpaired) electrons. The van der Waals surface area contributed by atoms with E-state index >= 15 is 0 Å². The number of alkyl halides is 1. The second-order valence-corrected chi connectivity index (χ2v) is 4.43. The van der Waals surface area contributed by atoms with E-state index in [1.807, 2.05) is 24.1 Å². The molecule has 0 spiro atoms. The SMILES string of the molecule is Cc1ccnc(Cl)c1N1C=CCCC1Cl. The summed E-state index contributed by atoms with van der Waals surface area (Å²) in [6, 6.07) is 1.94. The molecule has 2 heterocycles. The zero-order chi connectivity index (χ0) is 10.8. The van der Waals surface area contributed by atoms with Crippen LogP contribution in [0.1, 0.15) is 18.4 Å². The van der Waals surface area contributed by atoms with Gasteiger partial charge < -0.3 is 4.90 Å². The number of aromatic nitrogens is 1. The third-order valence-corrected chi connectivity index (χ3v) is 3.18. The van der Waals surface area contributed by atoms with E-state index in [0.717, 1.165) is 24.1 Å². The van der Waals surface area contributed by atoms with Crippen LogP contribution in [-0.2, 0) is 0 Å². The molecule has 0 N–H and O–H groups in total. The van der Waals surface area contributed by atoms with Crippen molar-refractivity contribution in [3.63, 3.8) is 0 Å². The molecule has 80 valence electrons. The average Bonchev–Trinajstić information content (AvgIpc) is 2.20. The third-order valence-electron chi connectivity index (χ3n) is 2.48. The number of rotatable bonds is 1. The number of hydrogen-bond donors (Lipinski definition) is 0. The summed E-state index contributed by atoms with van der Waals surface area (Å²) < 4.78 is 0. The fourth-order valence-corrected chi connectivity index (χ4v) is 2.29. The molecule has 0 aromatic carbocycles.